The zero-order chi connectivity index (χ0) is 10.6. The van der Waals surface area contributed by atoms with Crippen LogP contribution in [0.5, 0.6) is 11.5 Å². The number of hydrogen-bond donors (Lipinski definition) is 3. The van der Waals surface area contributed by atoms with E-state index in [4.69, 9.17) is 16.2 Å². The molecule has 0 aliphatic rings. The molecule has 0 saturated heterocycles. The standard InChI is InChI=1S/C10H16N2O2/c1-2-14-10-5-7(8(12)6-11)3-4-9(10)13/h3-5,8,13H,2,6,11-12H2,1H3/t8-/m1/s1. The van der Waals surface area contributed by atoms with Crippen molar-refractivity contribution in [2.24, 2.45) is 11.5 Å². The average molecular weight is 196 g/mol. The molecular formula is C10H16N2O2. The molecule has 0 aliphatic carbocycles. The minimum absolute atomic E-state index is 0.125. The third-order valence-corrected chi connectivity index (χ3v) is 1.97. The summed E-state index contributed by atoms with van der Waals surface area (Å²) in [5, 5.41) is 9.42. The van der Waals surface area contributed by atoms with Crippen molar-refractivity contribution in [3.63, 3.8) is 0 Å². The van der Waals surface area contributed by atoms with E-state index in [-0.39, 0.29) is 11.8 Å². The maximum Gasteiger partial charge on any atom is 0.161 e. The minimum Gasteiger partial charge on any atom is -0.504 e. The van der Waals surface area contributed by atoms with Crippen molar-refractivity contribution in [3.8, 4) is 11.5 Å². The van der Waals surface area contributed by atoms with Gasteiger partial charge in [0.2, 0.25) is 0 Å². The highest BCUT2D eigenvalue weighted by atomic mass is 16.5. The molecule has 4 nitrogen and oxygen atoms in total. The number of aromatic hydroxyl groups is 1. The zero-order valence-corrected chi connectivity index (χ0v) is 8.23. The van der Waals surface area contributed by atoms with Crippen molar-refractivity contribution in [3.05, 3.63) is 23.8 Å². The van der Waals surface area contributed by atoms with Crippen LogP contribution in [0.15, 0.2) is 18.2 Å². The van der Waals surface area contributed by atoms with Crippen molar-refractivity contribution >= 4 is 0 Å². The van der Waals surface area contributed by atoms with Crippen LogP contribution in [0.3, 0.4) is 0 Å². The van der Waals surface area contributed by atoms with Crippen molar-refractivity contribution in [1.29, 1.82) is 0 Å². The molecule has 0 aromatic heterocycles. The molecule has 1 rings (SSSR count). The van der Waals surface area contributed by atoms with Gasteiger partial charge in [-0.05, 0) is 24.6 Å². The molecule has 0 unspecified atom stereocenters. The lowest BCUT2D eigenvalue weighted by atomic mass is 10.1. The topological polar surface area (TPSA) is 81.5 Å². The highest BCUT2D eigenvalue weighted by Gasteiger charge is 2.08. The van der Waals surface area contributed by atoms with Gasteiger partial charge in [0.1, 0.15) is 0 Å². The summed E-state index contributed by atoms with van der Waals surface area (Å²) in [7, 11) is 0. The van der Waals surface area contributed by atoms with E-state index in [2.05, 4.69) is 0 Å². The maximum absolute atomic E-state index is 9.42. The summed E-state index contributed by atoms with van der Waals surface area (Å²) < 4.78 is 5.23. The molecule has 0 aliphatic heterocycles. The number of rotatable bonds is 4. The fraction of sp³-hybridized carbons (Fsp3) is 0.400. The Balaban J connectivity index is 2.93. The summed E-state index contributed by atoms with van der Waals surface area (Å²) in [6.07, 6.45) is 0. The molecule has 0 spiro atoms. The van der Waals surface area contributed by atoms with E-state index >= 15 is 0 Å². The van der Waals surface area contributed by atoms with Gasteiger partial charge in [-0.3, -0.25) is 0 Å². The second-order valence-corrected chi connectivity index (χ2v) is 3.00. The number of ether oxygens (including phenoxy) is 1. The van der Waals surface area contributed by atoms with Gasteiger partial charge in [0.25, 0.3) is 0 Å². The van der Waals surface area contributed by atoms with Gasteiger partial charge in [-0.2, -0.15) is 0 Å². The van der Waals surface area contributed by atoms with Crippen LogP contribution in [0.1, 0.15) is 18.5 Å². The summed E-state index contributed by atoms with van der Waals surface area (Å²) in [6.45, 7) is 2.74. The fourth-order valence-electron chi connectivity index (χ4n) is 1.17. The SMILES string of the molecule is CCOc1cc([C@H](N)CN)ccc1O. The van der Waals surface area contributed by atoms with Crippen LogP contribution in [0.2, 0.25) is 0 Å². The fourth-order valence-corrected chi connectivity index (χ4v) is 1.17. The molecule has 0 radical (unpaired) electrons. The maximum atomic E-state index is 9.42. The number of nitrogens with two attached hydrogens (primary N) is 2. The van der Waals surface area contributed by atoms with Gasteiger partial charge in [0.05, 0.1) is 6.61 Å². The Kier molecular flexibility index (Phi) is 3.73. The molecule has 5 N–H and O–H groups in total. The van der Waals surface area contributed by atoms with Crippen LogP contribution in [-0.4, -0.2) is 18.3 Å². The first-order valence-electron chi connectivity index (χ1n) is 4.60. The number of hydrogen-bond acceptors (Lipinski definition) is 4. The van der Waals surface area contributed by atoms with Crippen molar-refractivity contribution < 1.29 is 9.84 Å². The van der Waals surface area contributed by atoms with E-state index in [9.17, 15) is 5.11 Å². The Bertz CT molecular complexity index is 302. The zero-order valence-electron chi connectivity index (χ0n) is 8.23. The molecule has 1 atom stereocenters. The first kappa shape index (κ1) is 10.8. The van der Waals surface area contributed by atoms with Crippen LogP contribution in [0, 0.1) is 0 Å². The second-order valence-electron chi connectivity index (χ2n) is 3.00. The predicted molar refractivity (Wildman–Crippen MR) is 55.3 cm³/mol. The Morgan fingerprint density at radius 2 is 2.21 bits per heavy atom. The molecular weight excluding hydrogens is 180 g/mol. The quantitative estimate of drug-likeness (QED) is 0.663. The Morgan fingerprint density at radius 3 is 2.79 bits per heavy atom. The van der Waals surface area contributed by atoms with Gasteiger partial charge >= 0.3 is 0 Å². The molecule has 0 saturated carbocycles. The van der Waals surface area contributed by atoms with E-state index in [0.717, 1.165) is 5.56 Å². The second kappa shape index (κ2) is 4.83. The van der Waals surface area contributed by atoms with Crippen LogP contribution < -0.4 is 16.2 Å². The average Bonchev–Trinajstić information content (AvgIpc) is 2.20. The molecule has 4 heteroatoms. The van der Waals surface area contributed by atoms with Crippen LogP contribution >= 0.6 is 0 Å². The van der Waals surface area contributed by atoms with Gasteiger partial charge in [-0.25, -0.2) is 0 Å². The smallest absolute Gasteiger partial charge is 0.161 e. The number of phenols is 1. The highest BCUT2D eigenvalue weighted by molar-refractivity contribution is 5.42. The summed E-state index contributed by atoms with van der Waals surface area (Å²) in [5.74, 6) is 0.578. The Hall–Kier alpha value is -1.26. The number of phenolic OH excluding ortho intramolecular Hbond substituents is 1. The monoisotopic (exact) mass is 196 g/mol. The third kappa shape index (κ3) is 2.37. The molecule has 14 heavy (non-hydrogen) atoms. The van der Waals surface area contributed by atoms with E-state index in [1.54, 1.807) is 18.2 Å². The first-order valence-corrected chi connectivity index (χ1v) is 4.60. The molecule has 0 bridgehead atoms. The van der Waals surface area contributed by atoms with E-state index < -0.39 is 0 Å². The largest absolute Gasteiger partial charge is 0.504 e. The Morgan fingerprint density at radius 1 is 1.50 bits per heavy atom. The van der Waals surface area contributed by atoms with E-state index in [0.29, 0.717) is 18.9 Å². The van der Waals surface area contributed by atoms with Crippen molar-refractivity contribution in [2.45, 2.75) is 13.0 Å². The molecule has 78 valence electrons. The molecule has 1 aromatic rings. The number of benzene rings is 1. The third-order valence-electron chi connectivity index (χ3n) is 1.97. The molecule has 0 heterocycles. The van der Waals surface area contributed by atoms with E-state index in [1.165, 1.54) is 0 Å². The predicted octanol–water partition coefficient (Wildman–Crippen LogP) is 0.749. The summed E-state index contributed by atoms with van der Waals surface area (Å²) in [5.41, 5.74) is 12.1. The first-order chi connectivity index (χ1) is 6.69. The molecule has 0 amide bonds. The normalized spacial score (nSPS) is 12.5. The van der Waals surface area contributed by atoms with Gasteiger partial charge in [-0.1, -0.05) is 6.07 Å². The summed E-state index contributed by atoms with van der Waals surface area (Å²) in [4.78, 5) is 0. The van der Waals surface area contributed by atoms with Gasteiger partial charge in [0.15, 0.2) is 11.5 Å². The highest BCUT2D eigenvalue weighted by Crippen LogP contribution is 2.28. The minimum atomic E-state index is -0.213. The van der Waals surface area contributed by atoms with Crippen LogP contribution in [-0.2, 0) is 0 Å². The van der Waals surface area contributed by atoms with Crippen molar-refractivity contribution in [1.82, 2.24) is 0 Å². The van der Waals surface area contributed by atoms with Crippen LogP contribution in [0.25, 0.3) is 0 Å². The lowest BCUT2D eigenvalue weighted by Crippen LogP contribution is -2.20. The van der Waals surface area contributed by atoms with E-state index in [1.807, 2.05) is 6.92 Å². The van der Waals surface area contributed by atoms with Gasteiger partial charge in [0, 0.05) is 12.6 Å². The summed E-state index contributed by atoms with van der Waals surface area (Å²) >= 11 is 0. The lowest BCUT2D eigenvalue weighted by molar-refractivity contribution is 0.317. The van der Waals surface area contributed by atoms with Gasteiger partial charge in [-0.15, -0.1) is 0 Å². The Labute approximate surface area is 83.5 Å². The lowest BCUT2D eigenvalue weighted by Gasteiger charge is -2.12. The molecule has 1 aromatic carbocycles. The van der Waals surface area contributed by atoms with Crippen LogP contribution in [0.4, 0.5) is 0 Å². The van der Waals surface area contributed by atoms with Crippen molar-refractivity contribution in [2.75, 3.05) is 13.2 Å². The van der Waals surface area contributed by atoms with Gasteiger partial charge < -0.3 is 21.3 Å². The summed E-state index contributed by atoms with van der Waals surface area (Å²) in [6, 6.07) is 4.82. The molecule has 0 fully saturated rings.